The summed E-state index contributed by atoms with van der Waals surface area (Å²) in [6.45, 7) is 6.66. The average Bonchev–Trinajstić information content (AvgIpc) is 2.42. The molecule has 0 radical (unpaired) electrons. The minimum atomic E-state index is 0.00707. The largest absolute Gasteiger partial charge is 0.383 e. The Labute approximate surface area is 126 Å². The molecule has 0 heterocycles. The normalized spacial score (nSPS) is 15.4. The quantitative estimate of drug-likeness (QED) is 0.818. The summed E-state index contributed by atoms with van der Waals surface area (Å²) in [5.41, 5.74) is 2.79. The Morgan fingerprint density at radius 3 is 2.19 bits per heavy atom. The van der Waals surface area contributed by atoms with Gasteiger partial charge in [0.25, 0.3) is 0 Å². The van der Waals surface area contributed by atoms with Gasteiger partial charge >= 0.3 is 0 Å². The molecule has 0 aliphatic heterocycles. The first-order chi connectivity index (χ1) is 10.0. The molecule has 2 rings (SSSR count). The Kier molecular flexibility index (Phi) is 5.09. The standard InChI is InChI=1S/C18H22N2O/c1-13(2)12-14(3)19-15-4-6-16(7-5-15)20-17-8-10-18(21)11-9-17/h4-11,13-14,19H,12H2,1-3H3. The second-order valence-electron chi connectivity index (χ2n) is 5.83. The summed E-state index contributed by atoms with van der Waals surface area (Å²) in [6.07, 6.45) is 7.68. The van der Waals surface area contributed by atoms with E-state index in [9.17, 15) is 4.79 Å². The fourth-order valence-electron chi connectivity index (χ4n) is 2.35. The van der Waals surface area contributed by atoms with E-state index < -0.39 is 0 Å². The number of ketones is 1. The summed E-state index contributed by atoms with van der Waals surface area (Å²) in [5, 5.41) is 3.49. The number of anilines is 1. The van der Waals surface area contributed by atoms with Gasteiger partial charge in [0.1, 0.15) is 0 Å². The molecule has 1 aliphatic rings. The van der Waals surface area contributed by atoms with Crippen LogP contribution in [0.5, 0.6) is 0 Å². The van der Waals surface area contributed by atoms with E-state index in [1.807, 2.05) is 24.3 Å². The summed E-state index contributed by atoms with van der Waals surface area (Å²) in [5.74, 6) is 0.693. The summed E-state index contributed by atoms with van der Waals surface area (Å²) < 4.78 is 0. The Hall–Kier alpha value is -2.16. The molecule has 0 saturated heterocycles. The van der Waals surface area contributed by atoms with Gasteiger partial charge < -0.3 is 5.32 Å². The molecule has 3 nitrogen and oxygen atoms in total. The van der Waals surface area contributed by atoms with Crippen LogP contribution in [0, 0.1) is 5.92 Å². The lowest BCUT2D eigenvalue weighted by molar-refractivity contribution is -0.110. The van der Waals surface area contributed by atoms with E-state index in [4.69, 9.17) is 0 Å². The molecule has 0 amide bonds. The Morgan fingerprint density at radius 2 is 1.62 bits per heavy atom. The predicted octanol–water partition coefficient (Wildman–Crippen LogP) is 4.30. The number of benzene rings is 1. The maximum Gasteiger partial charge on any atom is 0.178 e. The molecular formula is C18H22N2O. The monoisotopic (exact) mass is 282 g/mol. The number of hydrogen-bond donors (Lipinski definition) is 1. The van der Waals surface area contributed by atoms with E-state index in [0.29, 0.717) is 12.0 Å². The highest BCUT2D eigenvalue weighted by molar-refractivity contribution is 6.17. The second kappa shape index (κ2) is 7.02. The zero-order valence-corrected chi connectivity index (χ0v) is 12.8. The molecule has 1 unspecified atom stereocenters. The van der Waals surface area contributed by atoms with Gasteiger partial charge in [-0.25, -0.2) is 4.99 Å². The third-order valence-electron chi connectivity index (χ3n) is 3.20. The molecule has 0 spiro atoms. The van der Waals surface area contributed by atoms with E-state index in [0.717, 1.165) is 23.5 Å². The number of carbonyl (C=O) groups excluding carboxylic acids is 1. The van der Waals surface area contributed by atoms with Gasteiger partial charge in [-0.15, -0.1) is 0 Å². The third-order valence-corrected chi connectivity index (χ3v) is 3.20. The van der Waals surface area contributed by atoms with Crippen molar-refractivity contribution >= 4 is 22.9 Å². The number of carbonyl (C=O) groups is 1. The minimum Gasteiger partial charge on any atom is -0.383 e. The van der Waals surface area contributed by atoms with Crippen molar-refractivity contribution in [1.82, 2.24) is 0 Å². The maximum absolute atomic E-state index is 11.0. The summed E-state index contributed by atoms with van der Waals surface area (Å²) in [4.78, 5) is 15.5. The fraction of sp³-hybridized carbons (Fsp3) is 0.333. The van der Waals surface area contributed by atoms with Crippen molar-refractivity contribution in [2.75, 3.05) is 5.32 Å². The topological polar surface area (TPSA) is 41.5 Å². The SMILES string of the molecule is CC(C)CC(C)Nc1ccc(N=C2C=CC(=O)C=C2)cc1. The predicted molar refractivity (Wildman–Crippen MR) is 89.4 cm³/mol. The summed E-state index contributed by atoms with van der Waals surface area (Å²) >= 11 is 0. The van der Waals surface area contributed by atoms with Crippen molar-refractivity contribution in [1.29, 1.82) is 0 Å². The summed E-state index contributed by atoms with van der Waals surface area (Å²) in [7, 11) is 0. The minimum absolute atomic E-state index is 0.00707. The molecule has 0 fully saturated rings. The van der Waals surface area contributed by atoms with E-state index in [2.05, 4.69) is 31.1 Å². The number of hydrogen-bond acceptors (Lipinski definition) is 3. The number of aliphatic imine (C=N–C) groups is 1. The van der Waals surface area contributed by atoms with Crippen LogP contribution >= 0.6 is 0 Å². The first-order valence-corrected chi connectivity index (χ1v) is 7.38. The van der Waals surface area contributed by atoms with Crippen LogP contribution in [0.1, 0.15) is 27.2 Å². The molecule has 1 aliphatic carbocycles. The Morgan fingerprint density at radius 1 is 1.00 bits per heavy atom. The third kappa shape index (κ3) is 5.03. The highest BCUT2D eigenvalue weighted by atomic mass is 16.1. The molecule has 1 aromatic rings. The Balaban J connectivity index is 1.99. The molecule has 1 N–H and O–H groups in total. The Bertz CT molecular complexity index is 562. The number of nitrogens with zero attached hydrogens (tertiary/aromatic N) is 1. The van der Waals surface area contributed by atoms with Crippen LogP contribution in [-0.4, -0.2) is 17.5 Å². The van der Waals surface area contributed by atoms with Crippen molar-refractivity contribution in [2.45, 2.75) is 33.2 Å². The number of nitrogens with one attached hydrogen (secondary N) is 1. The summed E-state index contributed by atoms with van der Waals surface area (Å²) in [6, 6.07) is 8.50. The van der Waals surface area contributed by atoms with Crippen LogP contribution in [0.2, 0.25) is 0 Å². The van der Waals surface area contributed by atoms with E-state index >= 15 is 0 Å². The van der Waals surface area contributed by atoms with E-state index in [1.54, 1.807) is 12.2 Å². The van der Waals surface area contributed by atoms with Crippen LogP contribution in [-0.2, 0) is 4.79 Å². The smallest absolute Gasteiger partial charge is 0.178 e. The zero-order chi connectivity index (χ0) is 15.2. The van der Waals surface area contributed by atoms with E-state index in [1.165, 1.54) is 12.2 Å². The molecule has 21 heavy (non-hydrogen) atoms. The number of rotatable bonds is 5. The van der Waals surface area contributed by atoms with Gasteiger partial charge in [0, 0.05) is 11.7 Å². The average molecular weight is 282 g/mol. The highest BCUT2D eigenvalue weighted by Gasteiger charge is 2.05. The lowest BCUT2D eigenvalue weighted by Gasteiger charge is -2.17. The van der Waals surface area contributed by atoms with Crippen molar-refractivity contribution < 1.29 is 4.79 Å². The van der Waals surface area contributed by atoms with Crippen molar-refractivity contribution in [3.63, 3.8) is 0 Å². The van der Waals surface area contributed by atoms with Gasteiger partial charge in [-0.1, -0.05) is 13.8 Å². The van der Waals surface area contributed by atoms with Crippen molar-refractivity contribution in [2.24, 2.45) is 10.9 Å². The van der Waals surface area contributed by atoms with Crippen LogP contribution < -0.4 is 5.32 Å². The van der Waals surface area contributed by atoms with Crippen LogP contribution in [0.15, 0.2) is 53.6 Å². The van der Waals surface area contributed by atoms with Gasteiger partial charge in [-0.05, 0) is 67.8 Å². The van der Waals surface area contributed by atoms with Crippen molar-refractivity contribution in [3.8, 4) is 0 Å². The molecule has 1 aromatic carbocycles. The first-order valence-electron chi connectivity index (χ1n) is 7.38. The zero-order valence-electron chi connectivity index (χ0n) is 12.8. The molecule has 1 atom stereocenters. The molecule has 0 bridgehead atoms. The molecule has 0 aromatic heterocycles. The fourth-order valence-corrected chi connectivity index (χ4v) is 2.35. The van der Waals surface area contributed by atoms with Crippen LogP contribution in [0.3, 0.4) is 0 Å². The molecule has 110 valence electrons. The number of allylic oxidation sites excluding steroid dienone is 4. The first kappa shape index (κ1) is 15.2. The van der Waals surface area contributed by atoms with Gasteiger partial charge in [-0.2, -0.15) is 0 Å². The van der Waals surface area contributed by atoms with E-state index in [-0.39, 0.29) is 5.78 Å². The van der Waals surface area contributed by atoms with Gasteiger partial charge in [-0.3, -0.25) is 4.79 Å². The highest BCUT2D eigenvalue weighted by Crippen LogP contribution is 2.19. The van der Waals surface area contributed by atoms with Crippen molar-refractivity contribution in [3.05, 3.63) is 48.6 Å². The van der Waals surface area contributed by atoms with Gasteiger partial charge in [0.2, 0.25) is 0 Å². The van der Waals surface area contributed by atoms with Gasteiger partial charge in [0.15, 0.2) is 5.78 Å². The maximum atomic E-state index is 11.0. The molecular weight excluding hydrogens is 260 g/mol. The molecule has 0 saturated carbocycles. The lowest BCUT2D eigenvalue weighted by atomic mass is 10.1. The van der Waals surface area contributed by atoms with Crippen LogP contribution in [0.25, 0.3) is 0 Å². The second-order valence-corrected chi connectivity index (χ2v) is 5.83. The molecule has 3 heteroatoms. The van der Waals surface area contributed by atoms with Crippen LogP contribution in [0.4, 0.5) is 11.4 Å². The lowest BCUT2D eigenvalue weighted by Crippen LogP contribution is -2.17. The van der Waals surface area contributed by atoms with Gasteiger partial charge in [0.05, 0.1) is 11.4 Å².